The first kappa shape index (κ1) is 15.7. The average molecular weight is 329 g/mol. The van der Waals surface area contributed by atoms with Gasteiger partial charge in [-0.2, -0.15) is 0 Å². The summed E-state index contributed by atoms with van der Waals surface area (Å²) in [6.45, 7) is 4.77. The normalized spacial score (nSPS) is 12.4. The molecule has 0 aromatic heterocycles. The SMILES string of the molecule is Cc1cccc([C@@H](C)NCc2c(Cl)ccc(Cl)c2Cl)c1. The van der Waals surface area contributed by atoms with Crippen LogP contribution in [0.5, 0.6) is 0 Å². The first-order valence-electron chi connectivity index (χ1n) is 6.41. The summed E-state index contributed by atoms with van der Waals surface area (Å²) in [4.78, 5) is 0. The second kappa shape index (κ2) is 6.82. The Morgan fingerprint density at radius 2 is 1.75 bits per heavy atom. The summed E-state index contributed by atoms with van der Waals surface area (Å²) in [6, 6.07) is 12.1. The van der Waals surface area contributed by atoms with Crippen molar-refractivity contribution < 1.29 is 0 Å². The molecule has 0 aliphatic heterocycles. The van der Waals surface area contributed by atoms with Crippen LogP contribution in [-0.2, 0) is 6.54 Å². The zero-order chi connectivity index (χ0) is 14.7. The molecule has 0 radical (unpaired) electrons. The van der Waals surface area contributed by atoms with E-state index in [4.69, 9.17) is 34.8 Å². The predicted molar refractivity (Wildman–Crippen MR) is 87.9 cm³/mol. The molecule has 1 N–H and O–H groups in total. The van der Waals surface area contributed by atoms with Gasteiger partial charge in [-0.1, -0.05) is 64.6 Å². The van der Waals surface area contributed by atoms with Crippen molar-refractivity contribution in [3.63, 3.8) is 0 Å². The average Bonchev–Trinajstić information content (AvgIpc) is 2.43. The van der Waals surface area contributed by atoms with Gasteiger partial charge in [0, 0.05) is 23.2 Å². The third kappa shape index (κ3) is 3.67. The molecule has 2 rings (SSSR count). The molecule has 1 nitrogen and oxygen atoms in total. The van der Waals surface area contributed by atoms with E-state index >= 15 is 0 Å². The molecular formula is C16H16Cl3N. The van der Waals surface area contributed by atoms with Gasteiger partial charge < -0.3 is 5.32 Å². The second-order valence-electron chi connectivity index (χ2n) is 4.84. The van der Waals surface area contributed by atoms with Crippen LogP contribution in [0.4, 0.5) is 0 Å². The molecule has 0 bridgehead atoms. The van der Waals surface area contributed by atoms with E-state index in [0.717, 1.165) is 5.56 Å². The van der Waals surface area contributed by atoms with E-state index in [1.165, 1.54) is 11.1 Å². The summed E-state index contributed by atoms with van der Waals surface area (Å²) < 4.78 is 0. The van der Waals surface area contributed by atoms with Crippen molar-refractivity contribution in [3.8, 4) is 0 Å². The third-order valence-electron chi connectivity index (χ3n) is 3.27. The highest BCUT2D eigenvalue weighted by Gasteiger charge is 2.11. The van der Waals surface area contributed by atoms with Crippen molar-refractivity contribution in [2.24, 2.45) is 0 Å². The molecule has 0 aliphatic carbocycles. The van der Waals surface area contributed by atoms with Gasteiger partial charge in [0.05, 0.1) is 10.0 Å². The van der Waals surface area contributed by atoms with Crippen LogP contribution in [0.3, 0.4) is 0 Å². The monoisotopic (exact) mass is 327 g/mol. The Balaban J connectivity index is 2.11. The highest BCUT2D eigenvalue weighted by Crippen LogP contribution is 2.31. The Hall–Kier alpha value is -0.730. The molecule has 0 saturated carbocycles. The van der Waals surface area contributed by atoms with Crippen molar-refractivity contribution in [2.45, 2.75) is 26.4 Å². The molecule has 1 atom stereocenters. The Bertz CT molecular complexity index is 611. The lowest BCUT2D eigenvalue weighted by Crippen LogP contribution is -2.18. The maximum atomic E-state index is 6.20. The third-order valence-corrected chi connectivity index (χ3v) is 4.46. The van der Waals surface area contributed by atoms with Gasteiger partial charge >= 0.3 is 0 Å². The zero-order valence-electron chi connectivity index (χ0n) is 11.4. The lowest BCUT2D eigenvalue weighted by Gasteiger charge is -2.16. The Morgan fingerprint density at radius 3 is 2.45 bits per heavy atom. The van der Waals surface area contributed by atoms with Gasteiger partial charge in [0.25, 0.3) is 0 Å². The van der Waals surface area contributed by atoms with Gasteiger partial charge in [0.1, 0.15) is 0 Å². The van der Waals surface area contributed by atoms with E-state index in [1.807, 2.05) is 0 Å². The smallest absolute Gasteiger partial charge is 0.0652 e. The molecule has 106 valence electrons. The van der Waals surface area contributed by atoms with Crippen molar-refractivity contribution in [1.29, 1.82) is 0 Å². The first-order valence-corrected chi connectivity index (χ1v) is 7.54. The van der Waals surface area contributed by atoms with E-state index in [9.17, 15) is 0 Å². The maximum Gasteiger partial charge on any atom is 0.0652 e. The van der Waals surface area contributed by atoms with Crippen LogP contribution in [0.15, 0.2) is 36.4 Å². The van der Waals surface area contributed by atoms with Crippen LogP contribution >= 0.6 is 34.8 Å². The van der Waals surface area contributed by atoms with Gasteiger partial charge in [0.15, 0.2) is 0 Å². The van der Waals surface area contributed by atoms with Gasteiger partial charge in [-0.05, 0) is 31.5 Å². The predicted octanol–water partition coefficient (Wildman–Crippen LogP) is 5.81. The number of aryl methyl sites for hydroxylation is 1. The lowest BCUT2D eigenvalue weighted by molar-refractivity contribution is 0.574. The molecule has 0 fully saturated rings. The van der Waals surface area contributed by atoms with Crippen molar-refractivity contribution in [2.75, 3.05) is 0 Å². The largest absolute Gasteiger partial charge is 0.306 e. The molecule has 0 spiro atoms. The van der Waals surface area contributed by atoms with E-state index in [-0.39, 0.29) is 6.04 Å². The maximum absolute atomic E-state index is 6.20. The van der Waals surface area contributed by atoms with Gasteiger partial charge in [-0.25, -0.2) is 0 Å². The number of benzene rings is 2. The molecule has 0 heterocycles. The molecule has 4 heteroatoms. The molecule has 2 aromatic carbocycles. The van der Waals surface area contributed by atoms with Crippen molar-refractivity contribution in [3.05, 3.63) is 68.2 Å². The second-order valence-corrected chi connectivity index (χ2v) is 6.03. The number of nitrogens with one attached hydrogen (secondary N) is 1. The fourth-order valence-corrected chi connectivity index (χ4v) is 2.72. The van der Waals surface area contributed by atoms with Gasteiger partial charge in [-0.15, -0.1) is 0 Å². The quantitative estimate of drug-likeness (QED) is 0.699. The molecule has 0 unspecified atom stereocenters. The fraction of sp³-hybridized carbons (Fsp3) is 0.250. The van der Waals surface area contributed by atoms with Crippen LogP contribution in [-0.4, -0.2) is 0 Å². The molecule has 2 aromatic rings. The minimum Gasteiger partial charge on any atom is -0.306 e. The molecule has 0 aliphatic rings. The van der Waals surface area contributed by atoms with Crippen molar-refractivity contribution in [1.82, 2.24) is 5.32 Å². The van der Waals surface area contributed by atoms with Crippen LogP contribution in [0.1, 0.15) is 29.7 Å². The summed E-state index contributed by atoms with van der Waals surface area (Å²) in [5, 5.41) is 5.09. The van der Waals surface area contributed by atoms with E-state index in [0.29, 0.717) is 21.6 Å². The Labute approximate surface area is 134 Å². The van der Waals surface area contributed by atoms with E-state index < -0.39 is 0 Å². The zero-order valence-corrected chi connectivity index (χ0v) is 13.7. The van der Waals surface area contributed by atoms with Crippen LogP contribution in [0.2, 0.25) is 15.1 Å². The lowest BCUT2D eigenvalue weighted by atomic mass is 10.1. The Kier molecular flexibility index (Phi) is 5.34. The van der Waals surface area contributed by atoms with Crippen molar-refractivity contribution >= 4 is 34.8 Å². The highest BCUT2D eigenvalue weighted by molar-refractivity contribution is 6.44. The van der Waals surface area contributed by atoms with Crippen LogP contribution < -0.4 is 5.32 Å². The molecule has 0 amide bonds. The number of hydrogen-bond acceptors (Lipinski definition) is 1. The van der Waals surface area contributed by atoms with E-state index in [1.54, 1.807) is 12.1 Å². The minimum absolute atomic E-state index is 0.209. The summed E-state index contributed by atoms with van der Waals surface area (Å²) in [6.07, 6.45) is 0. The topological polar surface area (TPSA) is 12.0 Å². The standard InChI is InChI=1S/C16H16Cl3N/c1-10-4-3-5-12(8-10)11(2)20-9-13-14(17)6-7-15(18)16(13)19/h3-8,11,20H,9H2,1-2H3/t11-/m1/s1. The molecule has 0 saturated heterocycles. The number of halogens is 3. The fourth-order valence-electron chi connectivity index (χ4n) is 2.04. The molecule has 20 heavy (non-hydrogen) atoms. The van der Waals surface area contributed by atoms with Crippen LogP contribution in [0.25, 0.3) is 0 Å². The summed E-state index contributed by atoms with van der Waals surface area (Å²) in [5.41, 5.74) is 3.31. The highest BCUT2D eigenvalue weighted by atomic mass is 35.5. The van der Waals surface area contributed by atoms with Gasteiger partial charge in [-0.3, -0.25) is 0 Å². The minimum atomic E-state index is 0.209. The summed E-state index contributed by atoms with van der Waals surface area (Å²) >= 11 is 18.4. The summed E-state index contributed by atoms with van der Waals surface area (Å²) in [7, 11) is 0. The summed E-state index contributed by atoms with van der Waals surface area (Å²) in [5.74, 6) is 0. The number of rotatable bonds is 4. The Morgan fingerprint density at radius 1 is 1.05 bits per heavy atom. The molecular weight excluding hydrogens is 313 g/mol. The van der Waals surface area contributed by atoms with Gasteiger partial charge in [0.2, 0.25) is 0 Å². The van der Waals surface area contributed by atoms with Crippen LogP contribution in [0, 0.1) is 6.92 Å². The number of hydrogen-bond donors (Lipinski definition) is 1. The van der Waals surface area contributed by atoms with E-state index in [2.05, 4.69) is 43.4 Å². The first-order chi connectivity index (χ1) is 9.49.